The summed E-state index contributed by atoms with van der Waals surface area (Å²) < 4.78 is 5.29. The molecule has 1 unspecified atom stereocenters. The number of aliphatic hydroxyl groups is 1. The molecule has 88 valence electrons. The van der Waals surface area contributed by atoms with Gasteiger partial charge in [0.05, 0.1) is 25.7 Å². The highest BCUT2D eigenvalue weighted by Crippen LogP contribution is 2.17. The van der Waals surface area contributed by atoms with Crippen LogP contribution in [-0.4, -0.2) is 54.7 Å². The van der Waals surface area contributed by atoms with Crippen LogP contribution in [0.3, 0.4) is 0 Å². The van der Waals surface area contributed by atoms with E-state index in [9.17, 15) is 9.90 Å². The molecule has 1 N–H and O–H groups in total. The van der Waals surface area contributed by atoms with Crippen LogP contribution < -0.4 is 0 Å². The average molecular weight is 215 g/mol. The van der Waals surface area contributed by atoms with Gasteiger partial charge in [0.15, 0.2) is 0 Å². The summed E-state index contributed by atoms with van der Waals surface area (Å²) in [4.78, 5) is 13.6. The maximum atomic E-state index is 11.6. The lowest BCUT2D eigenvalue weighted by atomic mass is 9.97. The molecule has 1 atom stereocenters. The molecule has 1 rings (SSSR count). The van der Waals surface area contributed by atoms with Crippen LogP contribution in [0.4, 0.5) is 0 Å². The van der Waals surface area contributed by atoms with Gasteiger partial charge in [0.1, 0.15) is 5.78 Å². The van der Waals surface area contributed by atoms with Crippen molar-refractivity contribution in [2.45, 2.75) is 25.8 Å². The first-order valence-corrected chi connectivity index (χ1v) is 5.40. The highest BCUT2D eigenvalue weighted by atomic mass is 16.5. The van der Waals surface area contributed by atoms with E-state index >= 15 is 0 Å². The standard InChI is InChI=1S/C11H21NO3/c1-11(2,8-13)12(3)6-9-7-15-5-4-10(9)14/h9,13H,4-8H2,1-3H3. The van der Waals surface area contributed by atoms with E-state index in [2.05, 4.69) is 0 Å². The van der Waals surface area contributed by atoms with Crippen LogP contribution in [0.25, 0.3) is 0 Å². The van der Waals surface area contributed by atoms with Gasteiger partial charge in [-0.3, -0.25) is 9.69 Å². The Morgan fingerprint density at radius 2 is 2.27 bits per heavy atom. The number of hydrogen-bond donors (Lipinski definition) is 1. The van der Waals surface area contributed by atoms with Crippen molar-refractivity contribution in [2.24, 2.45) is 5.92 Å². The van der Waals surface area contributed by atoms with Crippen molar-refractivity contribution in [3.63, 3.8) is 0 Å². The third-order valence-corrected chi connectivity index (χ3v) is 3.18. The van der Waals surface area contributed by atoms with E-state index in [-0.39, 0.29) is 23.8 Å². The fourth-order valence-corrected chi connectivity index (χ4v) is 1.55. The smallest absolute Gasteiger partial charge is 0.141 e. The third kappa shape index (κ3) is 3.26. The highest BCUT2D eigenvalue weighted by molar-refractivity contribution is 5.82. The van der Waals surface area contributed by atoms with Crippen LogP contribution in [0, 0.1) is 5.92 Å². The van der Waals surface area contributed by atoms with Gasteiger partial charge in [-0.2, -0.15) is 0 Å². The van der Waals surface area contributed by atoms with Gasteiger partial charge < -0.3 is 9.84 Å². The number of carbonyl (C=O) groups excluding carboxylic acids is 1. The van der Waals surface area contributed by atoms with Gasteiger partial charge in [0.25, 0.3) is 0 Å². The Morgan fingerprint density at radius 1 is 1.60 bits per heavy atom. The van der Waals surface area contributed by atoms with Gasteiger partial charge in [-0.25, -0.2) is 0 Å². The number of aliphatic hydroxyl groups excluding tert-OH is 1. The summed E-state index contributed by atoms with van der Waals surface area (Å²) in [5.74, 6) is 0.247. The molecule has 0 bridgehead atoms. The largest absolute Gasteiger partial charge is 0.394 e. The Balaban J connectivity index is 2.49. The van der Waals surface area contributed by atoms with Crippen molar-refractivity contribution in [3.05, 3.63) is 0 Å². The fourth-order valence-electron chi connectivity index (χ4n) is 1.55. The summed E-state index contributed by atoms with van der Waals surface area (Å²) >= 11 is 0. The first-order valence-electron chi connectivity index (χ1n) is 5.40. The molecular weight excluding hydrogens is 194 g/mol. The Bertz CT molecular complexity index is 228. The van der Waals surface area contributed by atoms with Crippen molar-refractivity contribution in [1.29, 1.82) is 0 Å². The maximum absolute atomic E-state index is 11.6. The number of ketones is 1. The van der Waals surface area contributed by atoms with E-state index in [0.29, 0.717) is 26.2 Å². The number of hydrogen-bond acceptors (Lipinski definition) is 4. The predicted octanol–water partition coefficient (Wildman–Crippen LogP) is 0.295. The lowest BCUT2D eigenvalue weighted by Gasteiger charge is -2.36. The lowest BCUT2D eigenvalue weighted by molar-refractivity contribution is -0.132. The number of ether oxygens (including phenoxy) is 1. The summed E-state index contributed by atoms with van der Waals surface area (Å²) in [7, 11) is 1.93. The van der Waals surface area contributed by atoms with Crippen molar-refractivity contribution < 1.29 is 14.6 Å². The zero-order valence-corrected chi connectivity index (χ0v) is 9.82. The molecule has 0 spiro atoms. The van der Waals surface area contributed by atoms with Crippen LogP contribution in [0.2, 0.25) is 0 Å². The quantitative estimate of drug-likeness (QED) is 0.732. The molecule has 4 nitrogen and oxygen atoms in total. The molecule has 1 heterocycles. The molecular formula is C11H21NO3. The van der Waals surface area contributed by atoms with Crippen molar-refractivity contribution in [2.75, 3.05) is 33.4 Å². The van der Waals surface area contributed by atoms with Crippen LogP contribution in [0.5, 0.6) is 0 Å². The maximum Gasteiger partial charge on any atom is 0.141 e. The number of likely N-dealkylation sites (N-methyl/N-ethyl adjacent to an activating group) is 1. The molecule has 0 aromatic rings. The molecule has 1 aliphatic heterocycles. The third-order valence-electron chi connectivity index (χ3n) is 3.18. The van der Waals surface area contributed by atoms with Crippen LogP contribution in [0.1, 0.15) is 20.3 Å². The molecule has 0 radical (unpaired) electrons. The number of carbonyl (C=O) groups is 1. The second kappa shape index (κ2) is 5.05. The molecule has 4 heteroatoms. The second-order valence-electron chi connectivity index (χ2n) is 4.84. The van der Waals surface area contributed by atoms with Crippen LogP contribution in [0.15, 0.2) is 0 Å². The van der Waals surface area contributed by atoms with Crippen LogP contribution >= 0.6 is 0 Å². The molecule has 0 aromatic carbocycles. The van der Waals surface area contributed by atoms with Crippen molar-refractivity contribution in [3.8, 4) is 0 Å². The number of nitrogens with zero attached hydrogens (tertiary/aromatic N) is 1. The zero-order chi connectivity index (χ0) is 11.5. The summed E-state index contributed by atoms with van der Waals surface area (Å²) in [6.45, 7) is 5.74. The molecule has 0 aromatic heterocycles. The van der Waals surface area contributed by atoms with Gasteiger partial charge in [-0.1, -0.05) is 0 Å². The zero-order valence-electron chi connectivity index (χ0n) is 9.82. The topological polar surface area (TPSA) is 49.8 Å². The molecule has 0 aliphatic carbocycles. The molecule has 15 heavy (non-hydrogen) atoms. The van der Waals surface area contributed by atoms with Gasteiger partial charge in [0.2, 0.25) is 0 Å². The average Bonchev–Trinajstić information content (AvgIpc) is 2.21. The highest BCUT2D eigenvalue weighted by Gasteiger charge is 2.29. The fraction of sp³-hybridized carbons (Fsp3) is 0.909. The summed E-state index contributed by atoms with van der Waals surface area (Å²) in [5, 5.41) is 9.20. The monoisotopic (exact) mass is 215 g/mol. The minimum absolute atomic E-state index is 0.0328. The first-order chi connectivity index (χ1) is 6.97. The van der Waals surface area contributed by atoms with E-state index in [1.165, 1.54) is 0 Å². The summed E-state index contributed by atoms with van der Waals surface area (Å²) in [5.41, 5.74) is -0.280. The molecule has 1 saturated heterocycles. The van der Waals surface area contributed by atoms with Gasteiger partial charge in [0, 0.05) is 18.5 Å². The molecule has 1 aliphatic rings. The van der Waals surface area contributed by atoms with Gasteiger partial charge >= 0.3 is 0 Å². The van der Waals surface area contributed by atoms with Crippen molar-refractivity contribution in [1.82, 2.24) is 4.90 Å². The second-order valence-corrected chi connectivity index (χ2v) is 4.84. The van der Waals surface area contributed by atoms with E-state index in [4.69, 9.17) is 4.74 Å². The van der Waals surface area contributed by atoms with Gasteiger partial charge in [-0.15, -0.1) is 0 Å². The summed E-state index contributed by atoms with van der Waals surface area (Å²) in [6, 6.07) is 0. The van der Waals surface area contributed by atoms with E-state index in [1.807, 2.05) is 25.8 Å². The predicted molar refractivity (Wildman–Crippen MR) is 57.7 cm³/mol. The van der Waals surface area contributed by atoms with Gasteiger partial charge in [-0.05, 0) is 20.9 Å². The minimum atomic E-state index is -0.280. The minimum Gasteiger partial charge on any atom is -0.394 e. The Kier molecular flexibility index (Phi) is 4.25. The normalized spacial score (nSPS) is 23.5. The van der Waals surface area contributed by atoms with Crippen LogP contribution in [-0.2, 0) is 9.53 Å². The van der Waals surface area contributed by atoms with E-state index in [0.717, 1.165) is 0 Å². The SMILES string of the molecule is CN(CC1COCCC1=O)C(C)(C)CO. The first kappa shape index (κ1) is 12.6. The number of Topliss-reactive ketones (excluding diaryl/α,β-unsaturated/α-hetero) is 1. The Morgan fingerprint density at radius 3 is 2.80 bits per heavy atom. The lowest BCUT2D eigenvalue weighted by Crippen LogP contribution is -2.48. The summed E-state index contributed by atoms with van der Waals surface area (Å²) in [6.07, 6.45) is 0.526. The molecule has 1 fully saturated rings. The van der Waals surface area contributed by atoms with E-state index in [1.54, 1.807) is 0 Å². The number of rotatable bonds is 4. The van der Waals surface area contributed by atoms with E-state index < -0.39 is 0 Å². The molecule has 0 amide bonds. The Labute approximate surface area is 91.2 Å². The molecule has 0 saturated carbocycles. The Hall–Kier alpha value is -0.450. The van der Waals surface area contributed by atoms with Crippen molar-refractivity contribution >= 4 is 5.78 Å².